The normalized spacial score (nSPS) is 11.6. The number of aromatic amines is 1. The summed E-state index contributed by atoms with van der Waals surface area (Å²) in [7, 11) is 0. The number of hydrogen-bond acceptors (Lipinski definition) is 2. The van der Waals surface area contributed by atoms with Crippen LogP contribution < -0.4 is 0 Å². The molecule has 0 radical (unpaired) electrons. The van der Waals surface area contributed by atoms with Crippen molar-refractivity contribution < 1.29 is 0 Å². The molecular formula is C25H16N2S. The summed E-state index contributed by atoms with van der Waals surface area (Å²) in [5.41, 5.74) is 7.01. The van der Waals surface area contributed by atoms with Gasteiger partial charge in [-0.3, -0.25) is 0 Å². The summed E-state index contributed by atoms with van der Waals surface area (Å²) in [4.78, 5) is 8.54. The fourth-order valence-corrected chi connectivity index (χ4v) is 4.86. The molecule has 0 aliphatic rings. The van der Waals surface area contributed by atoms with E-state index in [2.05, 4.69) is 89.9 Å². The summed E-state index contributed by atoms with van der Waals surface area (Å²) in [5, 5.41) is 3.52. The zero-order valence-corrected chi connectivity index (χ0v) is 15.8. The van der Waals surface area contributed by atoms with Crippen LogP contribution in [-0.4, -0.2) is 9.97 Å². The van der Waals surface area contributed by atoms with E-state index >= 15 is 0 Å². The fraction of sp³-hybridized carbons (Fsp3) is 0. The Morgan fingerprint density at radius 3 is 2.18 bits per heavy atom. The average molecular weight is 376 g/mol. The summed E-state index contributed by atoms with van der Waals surface area (Å²) in [6.07, 6.45) is 0. The van der Waals surface area contributed by atoms with Gasteiger partial charge in [0.25, 0.3) is 0 Å². The van der Waals surface area contributed by atoms with Gasteiger partial charge in [-0.25, -0.2) is 4.98 Å². The summed E-state index contributed by atoms with van der Waals surface area (Å²) in [5.74, 6) is 0. The fourth-order valence-electron chi connectivity index (χ4n) is 3.89. The van der Waals surface area contributed by atoms with Gasteiger partial charge in [-0.2, -0.15) is 0 Å². The van der Waals surface area contributed by atoms with Gasteiger partial charge in [-0.15, -0.1) is 11.3 Å². The van der Waals surface area contributed by atoms with E-state index in [-0.39, 0.29) is 0 Å². The van der Waals surface area contributed by atoms with Crippen LogP contribution in [0.25, 0.3) is 53.7 Å². The maximum absolute atomic E-state index is 5.03. The predicted molar refractivity (Wildman–Crippen MR) is 120 cm³/mol. The van der Waals surface area contributed by atoms with Crippen molar-refractivity contribution in [1.29, 1.82) is 0 Å². The van der Waals surface area contributed by atoms with Crippen LogP contribution in [0.4, 0.5) is 0 Å². The number of aromatic nitrogens is 2. The van der Waals surface area contributed by atoms with Crippen molar-refractivity contribution in [3.05, 3.63) is 91.0 Å². The highest BCUT2D eigenvalue weighted by molar-refractivity contribution is 7.21. The lowest BCUT2D eigenvalue weighted by Crippen LogP contribution is -1.79. The molecule has 3 heteroatoms. The standard InChI is InChI=1S/C25H16N2S/c1-2-6-16(7-3-1)17-10-12-18(13-11-17)25-27-24-22(28-25)15-14-21-23(24)19-8-4-5-9-20(19)26-21/h1-15,26H. The monoisotopic (exact) mass is 376 g/mol. The molecule has 6 aromatic rings. The minimum Gasteiger partial charge on any atom is -0.354 e. The topological polar surface area (TPSA) is 28.7 Å². The van der Waals surface area contributed by atoms with E-state index in [0.717, 1.165) is 27.1 Å². The number of para-hydroxylation sites is 1. The van der Waals surface area contributed by atoms with Gasteiger partial charge < -0.3 is 4.98 Å². The Hall–Kier alpha value is -3.43. The molecule has 0 amide bonds. The van der Waals surface area contributed by atoms with Gasteiger partial charge >= 0.3 is 0 Å². The second kappa shape index (κ2) is 6.04. The Morgan fingerprint density at radius 1 is 0.607 bits per heavy atom. The highest BCUT2D eigenvalue weighted by Gasteiger charge is 2.13. The summed E-state index contributed by atoms with van der Waals surface area (Å²) in [6.45, 7) is 0. The number of nitrogens with zero attached hydrogens (tertiary/aromatic N) is 1. The summed E-state index contributed by atoms with van der Waals surface area (Å²) in [6, 6.07) is 32.0. The van der Waals surface area contributed by atoms with E-state index in [0.29, 0.717) is 0 Å². The Bertz CT molecular complexity index is 1440. The molecule has 0 saturated carbocycles. The average Bonchev–Trinajstić information content (AvgIpc) is 3.35. The van der Waals surface area contributed by atoms with Gasteiger partial charge in [-0.05, 0) is 29.3 Å². The molecule has 6 rings (SSSR count). The van der Waals surface area contributed by atoms with Crippen molar-refractivity contribution in [3.8, 4) is 21.7 Å². The molecule has 0 spiro atoms. The van der Waals surface area contributed by atoms with Gasteiger partial charge in [-0.1, -0.05) is 72.8 Å². The van der Waals surface area contributed by atoms with Crippen molar-refractivity contribution in [2.75, 3.05) is 0 Å². The minimum atomic E-state index is 1.06. The van der Waals surface area contributed by atoms with E-state index in [1.165, 1.54) is 26.6 Å². The van der Waals surface area contributed by atoms with E-state index in [1.54, 1.807) is 11.3 Å². The smallest absolute Gasteiger partial charge is 0.124 e. The third kappa shape index (κ3) is 2.37. The van der Waals surface area contributed by atoms with Crippen molar-refractivity contribution >= 4 is 43.4 Å². The van der Waals surface area contributed by atoms with Gasteiger partial charge in [0.2, 0.25) is 0 Å². The number of thiazole rings is 1. The van der Waals surface area contributed by atoms with Gasteiger partial charge in [0.15, 0.2) is 0 Å². The van der Waals surface area contributed by atoms with E-state index < -0.39 is 0 Å². The predicted octanol–water partition coefficient (Wildman–Crippen LogP) is 7.26. The van der Waals surface area contributed by atoms with Crippen LogP contribution in [0, 0.1) is 0 Å². The van der Waals surface area contributed by atoms with Crippen LogP contribution in [-0.2, 0) is 0 Å². The molecule has 0 aliphatic carbocycles. The lowest BCUT2D eigenvalue weighted by atomic mass is 10.0. The van der Waals surface area contributed by atoms with Crippen LogP contribution >= 0.6 is 11.3 Å². The maximum atomic E-state index is 5.03. The Balaban J connectivity index is 1.50. The van der Waals surface area contributed by atoms with Gasteiger partial charge in [0.05, 0.1) is 10.2 Å². The molecule has 0 aliphatic heterocycles. The van der Waals surface area contributed by atoms with Crippen molar-refractivity contribution in [3.63, 3.8) is 0 Å². The number of nitrogens with one attached hydrogen (secondary N) is 1. The van der Waals surface area contributed by atoms with Crippen LogP contribution in [0.5, 0.6) is 0 Å². The molecule has 4 aromatic carbocycles. The first-order valence-corrected chi connectivity index (χ1v) is 10.1. The summed E-state index contributed by atoms with van der Waals surface area (Å²) < 4.78 is 1.22. The number of rotatable bonds is 2. The molecule has 2 nitrogen and oxygen atoms in total. The Morgan fingerprint density at radius 2 is 1.32 bits per heavy atom. The molecule has 0 atom stereocenters. The van der Waals surface area contributed by atoms with E-state index in [4.69, 9.17) is 4.98 Å². The van der Waals surface area contributed by atoms with E-state index in [1.807, 2.05) is 6.07 Å². The quantitative estimate of drug-likeness (QED) is 0.338. The van der Waals surface area contributed by atoms with Crippen molar-refractivity contribution in [1.82, 2.24) is 9.97 Å². The molecule has 1 N–H and O–H groups in total. The SMILES string of the molecule is c1ccc(-c2ccc(-c3nc4c(ccc5[nH]c6ccccc6c54)s3)cc2)cc1. The number of hydrogen-bond donors (Lipinski definition) is 1. The third-order valence-electron chi connectivity index (χ3n) is 5.27. The van der Waals surface area contributed by atoms with Gasteiger partial charge in [0.1, 0.15) is 5.01 Å². The van der Waals surface area contributed by atoms with E-state index in [9.17, 15) is 0 Å². The zero-order chi connectivity index (χ0) is 18.5. The molecule has 2 heterocycles. The second-order valence-corrected chi connectivity index (χ2v) is 8.00. The largest absolute Gasteiger partial charge is 0.354 e. The van der Waals surface area contributed by atoms with Crippen LogP contribution in [0.3, 0.4) is 0 Å². The first kappa shape index (κ1) is 15.6. The third-order valence-corrected chi connectivity index (χ3v) is 6.34. The Kier molecular flexibility index (Phi) is 3.37. The molecule has 28 heavy (non-hydrogen) atoms. The number of benzene rings is 4. The van der Waals surface area contributed by atoms with Gasteiger partial charge in [0, 0.05) is 27.4 Å². The zero-order valence-electron chi connectivity index (χ0n) is 15.0. The molecule has 0 unspecified atom stereocenters. The molecule has 132 valence electrons. The second-order valence-electron chi connectivity index (χ2n) is 6.97. The maximum Gasteiger partial charge on any atom is 0.124 e. The van der Waals surface area contributed by atoms with Crippen LogP contribution in [0.15, 0.2) is 91.0 Å². The lowest BCUT2D eigenvalue weighted by molar-refractivity contribution is 1.49. The number of fused-ring (bicyclic) bond motifs is 5. The molecule has 0 bridgehead atoms. The molecule has 2 aromatic heterocycles. The van der Waals surface area contributed by atoms with Crippen molar-refractivity contribution in [2.45, 2.75) is 0 Å². The first-order valence-electron chi connectivity index (χ1n) is 9.33. The number of H-pyrrole nitrogens is 1. The lowest BCUT2D eigenvalue weighted by Gasteiger charge is -2.02. The molecule has 0 saturated heterocycles. The van der Waals surface area contributed by atoms with Crippen LogP contribution in [0.2, 0.25) is 0 Å². The molecule has 0 fully saturated rings. The highest BCUT2D eigenvalue weighted by atomic mass is 32.1. The highest BCUT2D eigenvalue weighted by Crippen LogP contribution is 2.37. The minimum absolute atomic E-state index is 1.06. The van der Waals surface area contributed by atoms with Crippen molar-refractivity contribution in [2.24, 2.45) is 0 Å². The first-order chi connectivity index (χ1) is 13.9. The Labute approximate surface area is 166 Å². The summed E-state index contributed by atoms with van der Waals surface area (Å²) >= 11 is 1.75. The van der Waals surface area contributed by atoms with Crippen LogP contribution in [0.1, 0.15) is 0 Å². The molecular weight excluding hydrogens is 360 g/mol.